The van der Waals surface area contributed by atoms with Crippen LogP contribution in [0.25, 0.3) is 10.8 Å². The van der Waals surface area contributed by atoms with Crippen LogP contribution in [0.4, 0.5) is 14.5 Å². The average Bonchev–Trinajstić information content (AvgIpc) is 3.44. The van der Waals surface area contributed by atoms with Crippen LogP contribution in [0.3, 0.4) is 0 Å². The lowest BCUT2D eigenvalue weighted by Gasteiger charge is -2.39. The zero-order valence-electron chi connectivity index (χ0n) is 21.8. The minimum atomic E-state index is -0.624. The van der Waals surface area contributed by atoms with Crippen molar-refractivity contribution < 1.29 is 18.3 Å². The van der Waals surface area contributed by atoms with Crippen molar-refractivity contribution in [3.05, 3.63) is 69.9 Å². The Hall–Kier alpha value is -3.37. The van der Waals surface area contributed by atoms with Crippen LogP contribution in [-0.4, -0.2) is 72.3 Å². The number of pyridine rings is 2. The number of hydrogen-bond donors (Lipinski definition) is 2. The van der Waals surface area contributed by atoms with Gasteiger partial charge in [0.25, 0.3) is 11.5 Å². The van der Waals surface area contributed by atoms with Gasteiger partial charge in [-0.25, -0.2) is 9.37 Å². The standard InChI is InChI=1S/C29H33F2N5O3/c30-22-3-1-2-19-17-24(34-29(38)26(19)22)18-4-5-21(16-18)35-10-12-36(13-11-35)25-7-6-23(33-27(25)31)28(37)32-20-8-14-39-15-9-20/h1-3,6-7,17-18,20-21H,4-5,8-16H2,(H,32,37)(H,34,38). The molecular weight excluding hydrogens is 504 g/mol. The highest BCUT2D eigenvalue weighted by atomic mass is 19.1. The van der Waals surface area contributed by atoms with E-state index in [0.717, 1.165) is 50.9 Å². The fourth-order valence-electron chi connectivity index (χ4n) is 6.31. The summed E-state index contributed by atoms with van der Waals surface area (Å²) in [6.07, 6.45) is 4.39. The SMILES string of the molecule is O=C(NC1CCOCC1)c1ccc(N2CCN(C3CCC(c4cc5cccc(F)c5c(=O)[nH]4)C3)CC2)c(F)n1. The number of halogens is 2. The lowest BCUT2D eigenvalue weighted by atomic mass is 10.00. The molecule has 3 fully saturated rings. The molecule has 2 N–H and O–H groups in total. The van der Waals surface area contributed by atoms with Crippen molar-refractivity contribution in [3.63, 3.8) is 0 Å². The number of aromatic amines is 1. The van der Waals surface area contributed by atoms with E-state index in [0.29, 0.717) is 43.4 Å². The Labute approximate surface area is 225 Å². The number of anilines is 1. The third-order valence-electron chi connectivity index (χ3n) is 8.48. The van der Waals surface area contributed by atoms with Crippen LogP contribution in [-0.2, 0) is 4.74 Å². The molecule has 8 nitrogen and oxygen atoms in total. The molecule has 1 saturated carbocycles. The summed E-state index contributed by atoms with van der Waals surface area (Å²) in [5, 5.41) is 3.67. The van der Waals surface area contributed by atoms with Crippen LogP contribution in [0.5, 0.6) is 0 Å². The van der Waals surface area contributed by atoms with Gasteiger partial charge in [0, 0.05) is 63.1 Å². The highest BCUT2D eigenvalue weighted by molar-refractivity contribution is 5.92. The lowest BCUT2D eigenvalue weighted by molar-refractivity contribution is 0.0693. The quantitative estimate of drug-likeness (QED) is 0.484. The summed E-state index contributed by atoms with van der Waals surface area (Å²) in [5.41, 5.74) is 1.00. The van der Waals surface area contributed by atoms with E-state index in [1.54, 1.807) is 24.3 Å². The summed E-state index contributed by atoms with van der Waals surface area (Å²) < 4.78 is 34.4. The Kier molecular flexibility index (Phi) is 7.31. The van der Waals surface area contributed by atoms with E-state index in [-0.39, 0.29) is 34.5 Å². The van der Waals surface area contributed by atoms with Crippen LogP contribution < -0.4 is 15.8 Å². The molecule has 2 aromatic heterocycles. The summed E-state index contributed by atoms with van der Waals surface area (Å²) >= 11 is 0. The second-order valence-corrected chi connectivity index (χ2v) is 10.8. The maximum atomic E-state index is 15.0. The van der Waals surface area contributed by atoms with Crippen molar-refractivity contribution in [2.24, 2.45) is 0 Å². The predicted molar refractivity (Wildman–Crippen MR) is 144 cm³/mol. The predicted octanol–water partition coefficient (Wildman–Crippen LogP) is 3.57. The van der Waals surface area contributed by atoms with Crippen molar-refractivity contribution in [2.75, 3.05) is 44.3 Å². The first kappa shape index (κ1) is 25.9. The van der Waals surface area contributed by atoms with Gasteiger partial charge >= 0.3 is 0 Å². The van der Waals surface area contributed by atoms with Crippen molar-refractivity contribution in [3.8, 4) is 0 Å². The minimum Gasteiger partial charge on any atom is -0.381 e. The fourth-order valence-corrected chi connectivity index (χ4v) is 6.31. The second-order valence-electron chi connectivity index (χ2n) is 10.8. The molecule has 0 spiro atoms. The average molecular weight is 538 g/mol. The van der Waals surface area contributed by atoms with Crippen LogP contribution in [0.1, 0.15) is 54.2 Å². The number of carbonyl (C=O) groups is 1. The number of aromatic nitrogens is 2. The molecule has 1 aromatic carbocycles. The van der Waals surface area contributed by atoms with Crippen molar-refractivity contribution in [1.29, 1.82) is 0 Å². The lowest BCUT2D eigenvalue weighted by Crippen LogP contribution is -2.50. The van der Waals surface area contributed by atoms with E-state index in [1.807, 2.05) is 11.0 Å². The van der Waals surface area contributed by atoms with E-state index in [2.05, 4.69) is 20.2 Å². The Morgan fingerprint density at radius 1 is 1.03 bits per heavy atom. The maximum Gasteiger partial charge on any atom is 0.270 e. The van der Waals surface area contributed by atoms with Gasteiger partial charge in [-0.1, -0.05) is 12.1 Å². The molecule has 0 bridgehead atoms. The normalized spacial score (nSPS) is 22.9. The Morgan fingerprint density at radius 2 is 1.82 bits per heavy atom. The first-order valence-electron chi connectivity index (χ1n) is 13.8. The second kappa shape index (κ2) is 11.0. The number of H-pyrrole nitrogens is 1. The third kappa shape index (κ3) is 5.40. The number of nitrogens with one attached hydrogen (secondary N) is 2. The van der Waals surface area contributed by atoms with Gasteiger partial charge in [0.2, 0.25) is 5.95 Å². The van der Waals surface area contributed by atoms with Crippen LogP contribution in [0.2, 0.25) is 0 Å². The molecule has 1 amide bonds. The van der Waals surface area contributed by atoms with Crippen LogP contribution in [0.15, 0.2) is 41.2 Å². The number of rotatable bonds is 5. The van der Waals surface area contributed by atoms with Gasteiger partial charge in [-0.3, -0.25) is 14.5 Å². The molecule has 2 unspecified atom stereocenters. The molecule has 0 radical (unpaired) electrons. The van der Waals surface area contributed by atoms with Crippen molar-refractivity contribution in [2.45, 2.75) is 50.1 Å². The zero-order valence-corrected chi connectivity index (χ0v) is 21.8. The van der Waals surface area contributed by atoms with E-state index >= 15 is 0 Å². The summed E-state index contributed by atoms with van der Waals surface area (Å²) in [4.78, 5) is 36.4. The van der Waals surface area contributed by atoms with E-state index in [1.165, 1.54) is 6.07 Å². The first-order valence-corrected chi connectivity index (χ1v) is 13.8. The summed E-state index contributed by atoms with van der Waals surface area (Å²) in [5.74, 6) is -1.26. The van der Waals surface area contributed by atoms with Crippen LogP contribution >= 0.6 is 0 Å². The molecule has 3 aliphatic rings. The number of benzene rings is 1. The monoisotopic (exact) mass is 537 g/mol. The smallest absolute Gasteiger partial charge is 0.270 e. The van der Waals surface area contributed by atoms with Crippen molar-refractivity contribution in [1.82, 2.24) is 20.2 Å². The summed E-state index contributed by atoms with van der Waals surface area (Å²) in [6, 6.07) is 10.3. The Balaban J connectivity index is 1.05. The van der Waals surface area contributed by atoms with Gasteiger partial charge in [0.1, 0.15) is 11.5 Å². The van der Waals surface area contributed by atoms with Gasteiger partial charge in [-0.15, -0.1) is 0 Å². The van der Waals surface area contributed by atoms with Gasteiger partial charge in [-0.05, 0) is 61.8 Å². The van der Waals surface area contributed by atoms with Gasteiger partial charge in [0.15, 0.2) is 0 Å². The molecule has 10 heteroatoms. The molecule has 2 saturated heterocycles. The number of carbonyl (C=O) groups excluding carboxylic acids is 1. The van der Waals surface area contributed by atoms with Crippen LogP contribution in [0, 0.1) is 11.8 Å². The molecule has 2 atom stereocenters. The molecule has 6 rings (SSSR count). The topological polar surface area (TPSA) is 90.6 Å². The maximum absolute atomic E-state index is 15.0. The minimum absolute atomic E-state index is 0.0310. The molecule has 4 heterocycles. The van der Waals surface area contributed by atoms with Gasteiger partial charge < -0.3 is 19.9 Å². The Bertz CT molecular complexity index is 1420. The highest BCUT2D eigenvalue weighted by Crippen LogP contribution is 2.37. The van der Waals surface area contributed by atoms with E-state index in [4.69, 9.17) is 4.74 Å². The number of hydrogen-bond acceptors (Lipinski definition) is 6. The first-order chi connectivity index (χ1) is 19.0. The fraction of sp³-hybridized carbons (Fsp3) is 0.483. The highest BCUT2D eigenvalue weighted by Gasteiger charge is 2.33. The summed E-state index contributed by atoms with van der Waals surface area (Å²) in [6.45, 7) is 4.15. The van der Waals surface area contributed by atoms with E-state index < -0.39 is 11.8 Å². The van der Waals surface area contributed by atoms with Crippen molar-refractivity contribution >= 4 is 22.4 Å². The zero-order chi connectivity index (χ0) is 26.9. The summed E-state index contributed by atoms with van der Waals surface area (Å²) in [7, 11) is 0. The molecule has 2 aliphatic heterocycles. The Morgan fingerprint density at radius 3 is 2.59 bits per heavy atom. The molecule has 1 aliphatic carbocycles. The largest absolute Gasteiger partial charge is 0.381 e. The van der Waals surface area contributed by atoms with Gasteiger partial charge in [-0.2, -0.15) is 4.39 Å². The molecular formula is C29H33F2N5O3. The van der Waals surface area contributed by atoms with Gasteiger partial charge in [0.05, 0.1) is 11.1 Å². The number of piperazine rings is 1. The number of ether oxygens (including phenoxy) is 1. The molecule has 39 heavy (non-hydrogen) atoms. The number of amides is 1. The number of fused-ring (bicyclic) bond motifs is 1. The molecule has 206 valence electrons. The number of nitrogens with zero attached hydrogens (tertiary/aromatic N) is 3. The van der Waals surface area contributed by atoms with E-state index in [9.17, 15) is 18.4 Å². The molecule has 3 aromatic rings. The third-order valence-corrected chi connectivity index (χ3v) is 8.48.